The van der Waals surface area contributed by atoms with Gasteiger partial charge in [0.2, 0.25) is 0 Å². The first-order chi connectivity index (χ1) is 9.65. The monoisotopic (exact) mass is 291 g/mol. The molecular weight excluding hydrogens is 278 g/mol. The van der Waals surface area contributed by atoms with E-state index in [2.05, 4.69) is 5.32 Å². The second kappa shape index (κ2) is 6.30. The van der Waals surface area contributed by atoms with E-state index in [9.17, 15) is 9.90 Å². The third-order valence-corrected chi connectivity index (χ3v) is 3.11. The van der Waals surface area contributed by atoms with Crippen molar-refractivity contribution in [3.63, 3.8) is 0 Å². The number of ether oxygens (including phenoxy) is 1. The molecule has 0 fully saturated rings. The van der Waals surface area contributed by atoms with Crippen LogP contribution in [0.1, 0.15) is 15.9 Å². The second-order valence-corrected chi connectivity index (χ2v) is 4.41. The van der Waals surface area contributed by atoms with Crippen molar-refractivity contribution in [2.75, 3.05) is 12.4 Å². The summed E-state index contributed by atoms with van der Waals surface area (Å²) in [5, 5.41) is 12.6. The number of benzene rings is 2. The number of amides is 1. The Morgan fingerprint density at radius 2 is 2.05 bits per heavy atom. The minimum atomic E-state index is -0.409. The largest absolute Gasteiger partial charge is 0.504 e. The summed E-state index contributed by atoms with van der Waals surface area (Å²) in [4.78, 5) is 12.1. The smallest absolute Gasteiger partial charge is 0.259 e. The number of alkyl halides is 1. The molecule has 0 aliphatic heterocycles. The van der Waals surface area contributed by atoms with Crippen LogP contribution < -0.4 is 10.1 Å². The number of para-hydroxylation sites is 1. The van der Waals surface area contributed by atoms with Gasteiger partial charge in [-0.2, -0.15) is 0 Å². The zero-order chi connectivity index (χ0) is 14.5. The number of nitrogens with one attached hydrogen (secondary N) is 1. The van der Waals surface area contributed by atoms with Crippen LogP contribution in [0, 0.1) is 0 Å². The molecule has 0 unspecified atom stereocenters. The van der Waals surface area contributed by atoms with Crippen molar-refractivity contribution < 1.29 is 14.6 Å². The van der Waals surface area contributed by atoms with E-state index in [1.807, 2.05) is 6.07 Å². The molecule has 0 saturated carbocycles. The molecule has 1 amide bonds. The molecule has 2 aromatic carbocycles. The van der Waals surface area contributed by atoms with Crippen LogP contribution in [0.5, 0.6) is 11.5 Å². The molecule has 0 heterocycles. The highest BCUT2D eigenvalue weighted by Gasteiger charge is 2.14. The van der Waals surface area contributed by atoms with Crippen LogP contribution in [0.3, 0.4) is 0 Å². The molecule has 2 aromatic rings. The average molecular weight is 292 g/mol. The number of carbonyl (C=O) groups excluding carboxylic acids is 1. The van der Waals surface area contributed by atoms with Crippen molar-refractivity contribution in [1.29, 1.82) is 0 Å². The standard InChI is InChI=1S/C15H14ClNO3/c1-20-13-7-3-6-12(14(13)18)15(19)17-11-5-2-4-10(8-11)9-16/h2-8,18H,9H2,1H3,(H,17,19). The number of hydrogen-bond donors (Lipinski definition) is 2. The lowest BCUT2D eigenvalue weighted by molar-refractivity contribution is 0.102. The van der Waals surface area contributed by atoms with E-state index in [4.69, 9.17) is 16.3 Å². The van der Waals surface area contributed by atoms with Crippen molar-refractivity contribution in [1.82, 2.24) is 0 Å². The molecule has 0 radical (unpaired) electrons. The second-order valence-electron chi connectivity index (χ2n) is 4.14. The maximum atomic E-state index is 12.1. The molecule has 0 aromatic heterocycles. The maximum Gasteiger partial charge on any atom is 0.259 e. The Morgan fingerprint density at radius 3 is 2.75 bits per heavy atom. The van der Waals surface area contributed by atoms with E-state index in [1.54, 1.807) is 30.3 Å². The van der Waals surface area contributed by atoms with Gasteiger partial charge in [0.1, 0.15) is 0 Å². The maximum absolute atomic E-state index is 12.1. The summed E-state index contributed by atoms with van der Waals surface area (Å²) in [5.74, 6) is 0.0370. The lowest BCUT2D eigenvalue weighted by atomic mass is 10.1. The van der Waals surface area contributed by atoms with Crippen LogP contribution in [0.4, 0.5) is 5.69 Å². The minimum absolute atomic E-state index is 0.153. The third-order valence-electron chi connectivity index (χ3n) is 2.80. The van der Waals surface area contributed by atoms with Crippen molar-refractivity contribution in [2.45, 2.75) is 5.88 Å². The Kier molecular flexibility index (Phi) is 4.48. The zero-order valence-corrected chi connectivity index (χ0v) is 11.6. The van der Waals surface area contributed by atoms with Gasteiger partial charge in [-0.3, -0.25) is 4.79 Å². The number of rotatable bonds is 4. The molecule has 104 valence electrons. The van der Waals surface area contributed by atoms with Gasteiger partial charge < -0.3 is 15.2 Å². The van der Waals surface area contributed by atoms with Crippen LogP contribution in [0.15, 0.2) is 42.5 Å². The molecule has 0 aliphatic rings. The highest BCUT2D eigenvalue weighted by atomic mass is 35.5. The lowest BCUT2D eigenvalue weighted by Crippen LogP contribution is -2.12. The predicted molar refractivity (Wildman–Crippen MR) is 78.6 cm³/mol. The van der Waals surface area contributed by atoms with Gasteiger partial charge in [-0.1, -0.05) is 18.2 Å². The molecule has 2 rings (SSSR count). The van der Waals surface area contributed by atoms with Gasteiger partial charge in [0.15, 0.2) is 11.5 Å². The summed E-state index contributed by atoms with van der Waals surface area (Å²) in [6.07, 6.45) is 0. The Balaban J connectivity index is 2.24. The number of methoxy groups -OCH3 is 1. The van der Waals surface area contributed by atoms with Crippen molar-refractivity contribution in [3.8, 4) is 11.5 Å². The molecular formula is C15H14ClNO3. The SMILES string of the molecule is COc1cccc(C(=O)Nc2cccc(CCl)c2)c1O. The van der Waals surface area contributed by atoms with Crippen LogP contribution >= 0.6 is 11.6 Å². The first-order valence-electron chi connectivity index (χ1n) is 5.98. The third kappa shape index (κ3) is 3.03. The summed E-state index contributed by atoms with van der Waals surface area (Å²) in [5.41, 5.74) is 1.68. The molecule has 0 aliphatic carbocycles. The number of aromatic hydroxyl groups is 1. The number of anilines is 1. The summed E-state index contributed by atoms with van der Waals surface area (Å²) in [7, 11) is 1.43. The van der Waals surface area contributed by atoms with Gasteiger partial charge in [-0.25, -0.2) is 0 Å². The molecule has 5 heteroatoms. The minimum Gasteiger partial charge on any atom is -0.504 e. The highest BCUT2D eigenvalue weighted by Crippen LogP contribution is 2.29. The number of hydrogen-bond acceptors (Lipinski definition) is 3. The number of halogens is 1. The van der Waals surface area contributed by atoms with Crippen LogP contribution in [-0.2, 0) is 5.88 Å². The molecule has 0 spiro atoms. The van der Waals surface area contributed by atoms with E-state index in [-0.39, 0.29) is 17.1 Å². The highest BCUT2D eigenvalue weighted by molar-refractivity contribution is 6.17. The number of carbonyl (C=O) groups is 1. The predicted octanol–water partition coefficient (Wildman–Crippen LogP) is 3.39. The van der Waals surface area contributed by atoms with Crippen molar-refractivity contribution in [2.24, 2.45) is 0 Å². The summed E-state index contributed by atoms with van der Waals surface area (Å²) >= 11 is 5.75. The number of phenolic OH excluding ortho intramolecular Hbond substituents is 1. The Morgan fingerprint density at radius 1 is 1.30 bits per heavy atom. The van der Waals surface area contributed by atoms with Crippen LogP contribution in [-0.4, -0.2) is 18.1 Å². The summed E-state index contributed by atoms with van der Waals surface area (Å²) in [6.45, 7) is 0. The zero-order valence-electron chi connectivity index (χ0n) is 10.9. The molecule has 0 saturated heterocycles. The summed E-state index contributed by atoms with van der Waals surface area (Å²) in [6, 6.07) is 12.0. The molecule has 20 heavy (non-hydrogen) atoms. The van der Waals surface area contributed by atoms with Gasteiger partial charge >= 0.3 is 0 Å². The fraction of sp³-hybridized carbons (Fsp3) is 0.133. The van der Waals surface area contributed by atoms with Gasteiger partial charge in [0.25, 0.3) is 5.91 Å². The molecule has 0 atom stereocenters. The lowest BCUT2D eigenvalue weighted by Gasteiger charge is -2.10. The van der Waals surface area contributed by atoms with E-state index in [1.165, 1.54) is 13.2 Å². The molecule has 2 N–H and O–H groups in total. The normalized spacial score (nSPS) is 10.1. The fourth-order valence-electron chi connectivity index (χ4n) is 1.80. The first-order valence-corrected chi connectivity index (χ1v) is 6.51. The van der Waals surface area contributed by atoms with Crippen molar-refractivity contribution >= 4 is 23.2 Å². The van der Waals surface area contributed by atoms with Crippen LogP contribution in [0.25, 0.3) is 0 Å². The fourth-order valence-corrected chi connectivity index (χ4v) is 1.97. The topological polar surface area (TPSA) is 58.6 Å². The van der Waals surface area contributed by atoms with E-state index in [0.717, 1.165) is 5.56 Å². The van der Waals surface area contributed by atoms with Gasteiger partial charge in [-0.15, -0.1) is 11.6 Å². The molecule has 0 bridgehead atoms. The van der Waals surface area contributed by atoms with Gasteiger partial charge in [-0.05, 0) is 29.8 Å². The first kappa shape index (κ1) is 14.2. The Labute approximate surface area is 122 Å². The Hall–Kier alpha value is -2.20. The van der Waals surface area contributed by atoms with Crippen molar-refractivity contribution in [3.05, 3.63) is 53.6 Å². The average Bonchev–Trinajstić information content (AvgIpc) is 2.47. The quantitative estimate of drug-likeness (QED) is 0.849. The van der Waals surface area contributed by atoms with Gasteiger partial charge in [0, 0.05) is 11.6 Å². The summed E-state index contributed by atoms with van der Waals surface area (Å²) < 4.78 is 4.98. The van der Waals surface area contributed by atoms with E-state index in [0.29, 0.717) is 11.6 Å². The van der Waals surface area contributed by atoms with Crippen LogP contribution in [0.2, 0.25) is 0 Å². The van der Waals surface area contributed by atoms with E-state index < -0.39 is 5.91 Å². The number of phenols is 1. The van der Waals surface area contributed by atoms with E-state index >= 15 is 0 Å². The molecule has 4 nitrogen and oxygen atoms in total. The van der Waals surface area contributed by atoms with Gasteiger partial charge in [0.05, 0.1) is 12.7 Å². The Bertz CT molecular complexity index is 628.